The molecule has 3 N–H and O–H groups in total. The normalized spacial score (nSPS) is 10.5. The maximum atomic E-state index is 13.7. The number of ether oxygens (including phenoxy) is 1. The van der Waals surface area contributed by atoms with Crippen LogP contribution in [0.5, 0.6) is 11.5 Å². The van der Waals surface area contributed by atoms with Gasteiger partial charge in [0.25, 0.3) is 0 Å². The van der Waals surface area contributed by atoms with E-state index in [0.29, 0.717) is 29.7 Å². The average Bonchev–Trinajstić information content (AvgIpc) is 2.22. The lowest BCUT2D eigenvalue weighted by atomic mass is 9.99. The van der Waals surface area contributed by atoms with Crippen molar-refractivity contribution in [3.05, 3.63) is 22.5 Å². The molecule has 0 aliphatic carbocycles. The zero-order valence-corrected chi connectivity index (χ0v) is 9.22. The third-order valence-electron chi connectivity index (χ3n) is 2.55. The van der Waals surface area contributed by atoms with Gasteiger partial charge in [0.05, 0.1) is 7.11 Å². The van der Waals surface area contributed by atoms with Crippen LogP contribution in [0.15, 0.2) is 0 Å². The molecule has 1 aromatic carbocycles. The molecule has 15 heavy (non-hydrogen) atoms. The number of hydrogen-bond donors (Lipinski definition) is 2. The van der Waals surface area contributed by atoms with Crippen molar-refractivity contribution in [2.24, 2.45) is 5.73 Å². The summed E-state index contributed by atoms with van der Waals surface area (Å²) in [4.78, 5) is 0. The van der Waals surface area contributed by atoms with E-state index in [1.165, 1.54) is 7.11 Å². The van der Waals surface area contributed by atoms with E-state index in [1.54, 1.807) is 13.8 Å². The maximum absolute atomic E-state index is 13.7. The van der Waals surface area contributed by atoms with Gasteiger partial charge in [-0.3, -0.25) is 0 Å². The number of hydrogen-bond acceptors (Lipinski definition) is 3. The molecule has 3 nitrogen and oxygen atoms in total. The largest absolute Gasteiger partial charge is 0.504 e. The molecule has 0 atom stereocenters. The van der Waals surface area contributed by atoms with Gasteiger partial charge in [0.1, 0.15) is 5.82 Å². The summed E-state index contributed by atoms with van der Waals surface area (Å²) in [6, 6.07) is 0. The Kier molecular flexibility index (Phi) is 3.52. The molecular formula is C11H16FNO2. The topological polar surface area (TPSA) is 55.5 Å². The van der Waals surface area contributed by atoms with E-state index in [-0.39, 0.29) is 17.3 Å². The highest BCUT2D eigenvalue weighted by Crippen LogP contribution is 2.37. The van der Waals surface area contributed by atoms with E-state index in [0.717, 1.165) is 0 Å². The minimum Gasteiger partial charge on any atom is -0.504 e. The van der Waals surface area contributed by atoms with Crippen LogP contribution < -0.4 is 10.5 Å². The molecule has 0 aliphatic heterocycles. The predicted octanol–water partition coefficient (Wildman–Crippen LogP) is 1.66. The molecule has 0 fully saturated rings. The lowest BCUT2D eigenvalue weighted by molar-refractivity contribution is 0.363. The maximum Gasteiger partial charge on any atom is 0.166 e. The van der Waals surface area contributed by atoms with Crippen LogP contribution in [-0.2, 0) is 6.42 Å². The Morgan fingerprint density at radius 3 is 2.40 bits per heavy atom. The van der Waals surface area contributed by atoms with Crippen LogP contribution in [0.25, 0.3) is 0 Å². The van der Waals surface area contributed by atoms with Gasteiger partial charge in [0, 0.05) is 11.1 Å². The Balaban J connectivity index is 3.45. The van der Waals surface area contributed by atoms with E-state index < -0.39 is 0 Å². The molecule has 0 spiro atoms. The summed E-state index contributed by atoms with van der Waals surface area (Å²) in [5.74, 6) is -0.144. The van der Waals surface area contributed by atoms with Crippen molar-refractivity contribution in [2.45, 2.75) is 20.3 Å². The molecule has 0 amide bonds. The number of nitrogens with two attached hydrogens (primary N) is 1. The summed E-state index contributed by atoms with van der Waals surface area (Å²) in [5, 5.41) is 9.86. The number of phenolic OH excluding ortho intramolecular Hbond substituents is 1. The van der Waals surface area contributed by atoms with E-state index in [2.05, 4.69) is 0 Å². The Hall–Kier alpha value is -1.29. The predicted molar refractivity (Wildman–Crippen MR) is 56.8 cm³/mol. The molecule has 0 saturated heterocycles. The van der Waals surface area contributed by atoms with Crippen molar-refractivity contribution in [1.82, 2.24) is 0 Å². The highest BCUT2D eigenvalue weighted by Gasteiger charge is 2.19. The van der Waals surface area contributed by atoms with E-state index in [9.17, 15) is 9.50 Å². The summed E-state index contributed by atoms with van der Waals surface area (Å²) in [7, 11) is 1.41. The lowest BCUT2D eigenvalue weighted by Gasteiger charge is -2.15. The number of benzene rings is 1. The van der Waals surface area contributed by atoms with E-state index in [4.69, 9.17) is 10.5 Å². The van der Waals surface area contributed by atoms with Gasteiger partial charge in [-0.2, -0.15) is 0 Å². The Bertz CT molecular complexity index is 378. The van der Waals surface area contributed by atoms with Crippen LogP contribution >= 0.6 is 0 Å². The fourth-order valence-electron chi connectivity index (χ4n) is 1.71. The molecular weight excluding hydrogens is 197 g/mol. The van der Waals surface area contributed by atoms with Crippen LogP contribution in [0.3, 0.4) is 0 Å². The average molecular weight is 213 g/mol. The minimum absolute atomic E-state index is 0.000602. The SMILES string of the molecule is COc1c(C)c(F)c(C)c(CCN)c1O. The van der Waals surface area contributed by atoms with Gasteiger partial charge < -0.3 is 15.6 Å². The number of rotatable bonds is 3. The molecule has 0 aromatic heterocycles. The van der Waals surface area contributed by atoms with Gasteiger partial charge in [-0.25, -0.2) is 4.39 Å². The van der Waals surface area contributed by atoms with Crippen LogP contribution in [-0.4, -0.2) is 18.8 Å². The van der Waals surface area contributed by atoms with Crippen molar-refractivity contribution in [3.63, 3.8) is 0 Å². The molecule has 1 aromatic rings. The number of methoxy groups -OCH3 is 1. The third kappa shape index (κ3) is 1.90. The number of halogens is 1. The summed E-state index contributed by atoms with van der Waals surface area (Å²) in [5.41, 5.74) is 6.70. The molecule has 0 saturated carbocycles. The summed E-state index contributed by atoms with van der Waals surface area (Å²) in [6.07, 6.45) is 0.436. The second kappa shape index (κ2) is 4.49. The smallest absolute Gasteiger partial charge is 0.166 e. The Labute approximate surface area is 88.7 Å². The summed E-state index contributed by atoms with van der Waals surface area (Å²) < 4.78 is 18.7. The molecule has 84 valence electrons. The van der Waals surface area contributed by atoms with Gasteiger partial charge in [-0.1, -0.05) is 0 Å². The molecule has 0 aliphatic rings. The van der Waals surface area contributed by atoms with Gasteiger partial charge in [0.2, 0.25) is 0 Å². The number of aromatic hydroxyl groups is 1. The standard InChI is InChI=1S/C11H16FNO2/c1-6-8(4-5-13)10(14)11(15-3)7(2)9(6)12/h14H,4-5,13H2,1-3H3. The quantitative estimate of drug-likeness (QED) is 0.802. The Morgan fingerprint density at radius 1 is 1.33 bits per heavy atom. The second-order valence-electron chi connectivity index (χ2n) is 3.46. The molecule has 1 rings (SSSR count). The van der Waals surface area contributed by atoms with E-state index in [1.807, 2.05) is 0 Å². The van der Waals surface area contributed by atoms with Gasteiger partial charge >= 0.3 is 0 Å². The summed E-state index contributed by atoms with van der Waals surface area (Å²) in [6.45, 7) is 3.57. The highest BCUT2D eigenvalue weighted by atomic mass is 19.1. The first kappa shape index (κ1) is 11.8. The third-order valence-corrected chi connectivity index (χ3v) is 2.55. The number of phenols is 1. The van der Waals surface area contributed by atoms with Crippen LogP contribution in [0.4, 0.5) is 4.39 Å². The van der Waals surface area contributed by atoms with Crippen molar-refractivity contribution in [1.29, 1.82) is 0 Å². The first-order chi connectivity index (χ1) is 7.04. The fraction of sp³-hybridized carbons (Fsp3) is 0.455. The lowest BCUT2D eigenvalue weighted by Crippen LogP contribution is -2.07. The van der Waals surface area contributed by atoms with Crippen LogP contribution in [0, 0.1) is 19.7 Å². The van der Waals surface area contributed by atoms with Crippen molar-refractivity contribution < 1.29 is 14.2 Å². The zero-order valence-electron chi connectivity index (χ0n) is 9.22. The molecule has 4 heteroatoms. The van der Waals surface area contributed by atoms with Gasteiger partial charge in [0.15, 0.2) is 11.5 Å². The van der Waals surface area contributed by atoms with Crippen LogP contribution in [0.2, 0.25) is 0 Å². The highest BCUT2D eigenvalue weighted by molar-refractivity contribution is 5.55. The van der Waals surface area contributed by atoms with Crippen molar-refractivity contribution in [3.8, 4) is 11.5 Å². The van der Waals surface area contributed by atoms with Gasteiger partial charge in [-0.15, -0.1) is 0 Å². The van der Waals surface area contributed by atoms with Crippen molar-refractivity contribution in [2.75, 3.05) is 13.7 Å². The molecule has 0 unspecified atom stereocenters. The van der Waals surface area contributed by atoms with Crippen LogP contribution in [0.1, 0.15) is 16.7 Å². The zero-order chi connectivity index (χ0) is 11.6. The van der Waals surface area contributed by atoms with Crippen molar-refractivity contribution >= 4 is 0 Å². The van der Waals surface area contributed by atoms with E-state index >= 15 is 0 Å². The molecule has 0 heterocycles. The molecule has 0 bridgehead atoms. The second-order valence-corrected chi connectivity index (χ2v) is 3.46. The minimum atomic E-state index is -0.340. The first-order valence-corrected chi connectivity index (χ1v) is 4.79. The summed E-state index contributed by atoms with van der Waals surface area (Å²) >= 11 is 0. The fourth-order valence-corrected chi connectivity index (χ4v) is 1.71. The molecule has 0 radical (unpaired) electrons. The first-order valence-electron chi connectivity index (χ1n) is 4.79. The monoisotopic (exact) mass is 213 g/mol. The Morgan fingerprint density at radius 2 is 1.93 bits per heavy atom. The van der Waals surface area contributed by atoms with Gasteiger partial charge in [-0.05, 0) is 32.4 Å².